The number of hydrogen-bond donors (Lipinski definition) is 1. The van der Waals surface area contributed by atoms with Gasteiger partial charge < -0.3 is 10.5 Å². The van der Waals surface area contributed by atoms with Gasteiger partial charge in [-0.25, -0.2) is 9.67 Å². The summed E-state index contributed by atoms with van der Waals surface area (Å²) in [5.41, 5.74) is 5.69. The van der Waals surface area contributed by atoms with Crippen molar-refractivity contribution in [2.45, 2.75) is 38.8 Å². The maximum absolute atomic E-state index is 6.08. The lowest BCUT2D eigenvalue weighted by atomic mass is 10.00. The summed E-state index contributed by atoms with van der Waals surface area (Å²) in [5.74, 6) is 0.909. The molecule has 0 spiro atoms. The molecule has 0 fully saturated rings. The molecule has 0 bridgehead atoms. The van der Waals surface area contributed by atoms with Crippen LogP contribution in [0.2, 0.25) is 0 Å². The highest BCUT2D eigenvalue weighted by atomic mass is 16.5. The maximum Gasteiger partial charge on any atom is 0.138 e. The van der Waals surface area contributed by atoms with E-state index in [2.05, 4.69) is 23.9 Å². The fraction of sp³-hybridized carbons (Fsp3) is 0.800. The average molecular weight is 212 g/mol. The van der Waals surface area contributed by atoms with Crippen LogP contribution < -0.4 is 5.73 Å². The number of nitrogens with zero attached hydrogens (tertiary/aromatic N) is 3. The summed E-state index contributed by atoms with van der Waals surface area (Å²) in [4.78, 5) is 4.22. The first kappa shape index (κ1) is 12.1. The lowest BCUT2D eigenvalue weighted by Crippen LogP contribution is -2.44. The lowest BCUT2D eigenvalue weighted by Gasteiger charge is -2.23. The van der Waals surface area contributed by atoms with Gasteiger partial charge in [0.1, 0.15) is 12.2 Å². The van der Waals surface area contributed by atoms with Crippen molar-refractivity contribution in [1.82, 2.24) is 14.8 Å². The number of rotatable bonds is 5. The van der Waals surface area contributed by atoms with E-state index in [1.807, 2.05) is 11.6 Å². The Balaban J connectivity index is 2.75. The van der Waals surface area contributed by atoms with E-state index in [0.717, 1.165) is 5.82 Å². The summed E-state index contributed by atoms with van der Waals surface area (Å²) < 4.78 is 6.96. The molecule has 1 unspecified atom stereocenters. The highest BCUT2D eigenvalue weighted by molar-refractivity contribution is 4.96. The van der Waals surface area contributed by atoms with Gasteiger partial charge in [0.25, 0.3) is 0 Å². The van der Waals surface area contributed by atoms with Gasteiger partial charge in [-0.1, -0.05) is 0 Å². The first-order chi connectivity index (χ1) is 6.96. The standard InChI is InChI=1S/C10H20N4O/c1-8(2)14-9(12-7-13-14)5-10(3,11)6-15-4/h7-8H,5-6,11H2,1-4H3. The highest BCUT2D eigenvalue weighted by Crippen LogP contribution is 2.12. The molecule has 5 nitrogen and oxygen atoms in total. The molecule has 0 radical (unpaired) electrons. The first-order valence-corrected chi connectivity index (χ1v) is 5.12. The largest absolute Gasteiger partial charge is 0.383 e. The molecule has 2 N–H and O–H groups in total. The van der Waals surface area contributed by atoms with E-state index < -0.39 is 5.54 Å². The predicted octanol–water partition coefficient (Wildman–Crippen LogP) is 0.765. The fourth-order valence-corrected chi connectivity index (χ4v) is 1.57. The van der Waals surface area contributed by atoms with Crippen LogP contribution in [0.3, 0.4) is 0 Å². The van der Waals surface area contributed by atoms with Crippen molar-refractivity contribution in [2.24, 2.45) is 5.73 Å². The monoisotopic (exact) mass is 212 g/mol. The molecular formula is C10H20N4O. The number of methoxy groups -OCH3 is 1. The molecule has 0 aromatic carbocycles. The van der Waals surface area contributed by atoms with Crippen molar-refractivity contribution in [3.8, 4) is 0 Å². The summed E-state index contributed by atoms with van der Waals surface area (Å²) in [6, 6.07) is 0.306. The second kappa shape index (κ2) is 4.72. The Morgan fingerprint density at radius 1 is 1.60 bits per heavy atom. The molecule has 1 atom stereocenters. The van der Waals surface area contributed by atoms with Crippen molar-refractivity contribution < 1.29 is 4.74 Å². The van der Waals surface area contributed by atoms with E-state index >= 15 is 0 Å². The van der Waals surface area contributed by atoms with Gasteiger partial charge >= 0.3 is 0 Å². The smallest absolute Gasteiger partial charge is 0.138 e. The molecule has 1 heterocycles. The minimum absolute atomic E-state index is 0.306. The first-order valence-electron chi connectivity index (χ1n) is 5.12. The minimum atomic E-state index is -0.394. The second-order valence-electron chi connectivity index (χ2n) is 4.48. The van der Waals surface area contributed by atoms with Gasteiger partial charge in [0.2, 0.25) is 0 Å². The zero-order valence-corrected chi connectivity index (χ0v) is 9.90. The summed E-state index contributed by atoms with van der Waals surface area (Å²) in [7, 11) is 1.65. The zero-order valence-electron chi connectivity index (χ0n) is 9.90. The second-order valence-corrected chi connectivity index (χ2v) is 4.48. The topological polar surface area (TPSA) is 66.0 Å². The number of nitrogens with two attached hydrogens (primary N) is 1. The SMILES string of the molecule is COCC(C)(N)Cc1ncnn1C(C)C. The van der Waals surface area contributed by atoms with Gasteiger partial charge in [-0.2, -0.15) is 5.10 Å². The summed E-state index contributed by atoms with van der Waals surface area (Å²) in [6.07, 6.45) is 2.23. The van der Waals surface area contributed by atoms with Crippen LogP contribution in [0.25, 0.3) is 0 Å². The molecule has 86 valence electrons. The van der Waals surface area contributed by atoms with E-state index in [-0.39, 0.29) is 0 Å². The van der Waals surface area contributed by atoms with Gasteiger partial charge in [-0.15, -0.1) is 0 Å². The molecule has 0 aliphatic heterocycles. The van der Waals surface area contributed by atoms with Crippen molar-refractivity contribution in [1.29, 1.82) is 0 Å². The van der Waals surface area contributed by atoms with Crippen molar-refractivity contribution >= 4 is 0 Å². The third kappa shape index (κ3) is 3.28. The molecule has 5 heteroatoms. The number of aromatic nitrogens is 3. The zero-order chi connectivity index (χ0) is 11.5. The van der Waals surface area contributed by atoms with Crippen molar-refractivity contribution in [2.75, 3.05) is 13.7 Å². The lowest BCUT2D eigenvalue weighted by molar-refractivity contribution is 0.139. The van der Waals surface area contributed by atoms with Gasteiger partial charge in [0, 0.05) is 25.1 Å². The average Bonchev–Trinajstić information content (AvgIpc) is 2.50. The van der Waals surface area contributed by atoms with E-state index in [9.17, 15) is 0 Å². The van der Waals surface area contributed by atoms with Crippen LogP contribution in [0.15, 0.2) is 6.33 Å². The Kier molecular flexibility index (Phi) is 3.82. The van der Waals surface area contributed by atoms with Crippen LogP contribution in [0.4, 0.5) is 0 Å². The van der Waals surface area contributed by atoms with Crippen LogP contribution in [0, 0.1) is 0 Å². The highest BCUT2D eigenvalue weighted by Gasteiger charge is 2.22. The molecule has 1 rings (SSSR count). The Hall–Kier alpha value is -0.940. The van der Waals surface area contributed by atoms with Crippen molar-refractivity contribution in [3.05, 3.63) is 12.2 Å². The Morgan fingerprint density at radius 3 is 2.80 bits per heavy atom. The summed E-state index contributed by atoms with van der Waals surface area (Å²) in [6.45, 7) is 6.61. The Bertz CT molecular complexity index is 306. The van der Waals surface area contributed by atoms with Crippen LogP contribution in [-0.4, -0.2) is 34.0 Å². The normalized spacial score (nSPS) is 15.6. The molecule has 1 aromatic rings. The quantitative estimate of drug-likeness (QED) is 0.782. The molecule has 0 aliphatic carbocycles. The van der Waals surface area contributed by atoms with Gasteiger partial charge in [-0.3, -0.25) is 0 Å². The molecule has 0 saturated heterocycles. The fourth-order valence-electron chi connectivity index (χ4n) is 1.57. The Labute approximate surface area is 90.6 Å². The molecule has 0 amide bonds. The van der Waals surface area contributed by atoms with Crippen LogP contribution >= 0.6 is 0 Å². The molecule has 15 heavy (non-hydrogen) atoms. The number of ether oxygens (including phenoxy) is 1. The van der Waals surface area contributed by atoms with Crippen molar-refractivity contribution in [3.63, 3.8) is 0 Å². The van der Waals surface area contributed by atoms with E-state index in [4.69, 9.17) is 10.5 Å². The van der Waals surface area contributed by atoms with Gasteiger partial charge in [0.15, 0.2) is 0 Å². The molecule has 0 aliphatic rings. The molecule has 1 aromatic heterocycles. The van der Waals surface area contributed by atoms with E-state index in [0.29, 0.717) is 19.1 Å². The summed E-state index contributed by atoms with van der Waals surface area (Å²) >= 11 is 0. The third-order valence-corrected chi connectivity index (χ3v) is 2.17. The minimum Gasteiger partial charge on any atom is -0.383 e. The molecular weight excluding hydrogens is 192 g/mol. The third-order valence-electron chi connectivity index (χ3n) is 2.17. The van der Waals surface area contributed by atoms with E-state index in [1.54, 1.807) is 13.4 Å². The predicted molar refractivity (Wildman–Crippen MR) is 58.6 cm³/mol. The maximum atomic E-state index is 6.08. The van der Waals surface area contributed by atoms with Crippen LogP contribution in [0.1, 0.15) is 32.6 Å². The van der Waals surface area contributed by atoms with E-state index in [1.165, 1.54) is 0 Å². The van der Waals surface area contributed by atoms with Crippen LogP contribution in [0.5, 0.6) is 0 Å². The van der Waals surface area contributed by atoms with Gasteiger partial charge in [0.05, 0.1) is 6.61 Å². The molecule has 0 saturated carbocycles. The number of hydrogen-bond acceptors (Lipinski definition) is 4. The van der Waals surface area contributed by atoms with Gasteiger partial charge in [-0.05, 0) is 20.8 Å². The summed E-state index contributed by atoms with van der Waals surface area (Å²) in [5, 5.41) is 4.17. The van der Waals surface area contributed by atoms with Crippen LogP contribution in [-0.2, 0) is 11.2 Å². The Morgan fingerprint density at radius 2 is 2.27 bits per heavy atom.